The molecule has 0 unspecified atom stereocenters. The van der Waals surface area contributed by atoms with Gasteiger partial charge in [-0.05, 0) is 37.3 Å². The molecule has 0 aliphatic heterocycles. The SMILES string of the molecule is CCOC(=O)c1cccc(NC(=O)Cc2ccco2)c1. The van der Waals surface area contributed by atoms with Crippen LogP contribution in [-0.2, 0) is 16.0 Å². The molecule has 1 aromatic heterocycles. The molecule has 0 bridgehead atoms. The zero-order valence-corrected chi connectivity index (χ0v) is 11.1. The topological polar surface area (TPSA) is 68.5 Å². The summed E-state index contributed by atoms with van der Waals surface area (Å²) < 4.78 is 10.0. The van der Waals surface area contributed by atoms with Crippen LogP contribution in [0.3, 0.4) is 0 Å². The number of hydrogen-bond acceptors (Lipinski definition) is 4. The Morgan fingerprint density at radius 1 is 1.25 bits per heavy atom. The highest BCUT2D eigenvalue weighted by atomic mass is 16.5. The van der Waals surface area contributed by atoms with Crippen LogP contribution in [0.25, 0.3) is 0 Å². The number of esters is 1. The van der Waals surface area contributed by atoms with Crippen LogP contribution < -0.4 is 5.32 Å². The Balaban J connectivity index is 2.00. The molecule has 1 heterocycles. The van der Waals surface area contributed by atoms with Gasteiger partial charge >= 0.3 is 5.97 Å². The molecule has 0 radical (unpaired) electrons. The van der Waals surface area contributed by atoms with E-state index in [0.717, 1.165) is 0 Å². The van der Waals surface area contributed by atoms with Crippen LogP contribution in [-0.4, -0.2) is 18.5 Å². The highest BCUT2D eigenvalue weighted by Gasteiger charge is 2.09. The molecule has 104 valence electrons. The van der Waals surface area contributed by atoms with E-state index in [0.29, 0.717) is 23.6 Å². The second-order valence-corrected chi connectivity index (χ2v) is 4.11. The van der Waals surface area contributed by atoms with Crippen LogP contribution in [0.1, 0.15) is 23.0 Å². The van der Waals surface area contributed by atoms with Crippen LogP contribution in [0.2, 0.25) is 0 Å². The Kier molecular flexibility index (Phi) is 4.55. The fourth-order valence-electron chi connectivity index (χ4n) is 1.71. The molecule has 0 aliphatic rings. The zero-order chi connectivity index (χ0) is 14.4. The van der Waals surface area contributed by atoms with Crippen molar-refractivity contribution >= 4 is 17.6 Å². The van der Waals surface area contributed by atoms with Crippen molar-refractivity contribution in [2.24, 2.45) is 0 Å². The summed E-state index contributed by atoms with van der Waals surface area (Å²) in [4.78, 5) is 23.4. The molecule has 2 rings (SSSR count). The second kappa shape index (κ2) is 6.56. The number of amides is 1. The van der Waals surface area contributed by atoms with E-state index in [4.69, 9.17) is 9.15 Å². The Bertz CT molecular complexity index is 590. The first kappa shape index (κ1) is 13.9. The van der Waals surface area contributed by atoms with Crippen molar-refractivity contribution in [1.29, 1.82) is 0 Å². The molecule has 1 N–H and O–H groups in total. The van der Waals surface area contributed by atoms with E-state index in [1.54, 1.807) is 43.3 Å². The van der Waals surface area contributed by atoms with Crippen molar-refractivity contribution in [2.45, 2.75) is 13.3 Å². The lowest BCUT2D eigenvalue weighted by Crippen LogP contribution is -2.14. The number of rotatable bonds is 5. The predicted molar refractivity (Wildman–Crippen MR) is 73.4 cm³/mol. The van der Waals surface area contributed by atoms with Gasteiger partial charge in [0.05, 0.1) is 24.9 Å². The minimum atomic E-state index is -0.408. The monoisotopic (exact) mass is 273 g/mol. The maximum atomic E-state index is 11.8. The van der Waals surface area contributed by atoms with Gasteiger partial charge in [-0.1, -0.05) is 6.07 Å². The Labute approximate surface area is 116 Å². The lowest BCUT2D eigenvalue weighted by Gasteiger charge is -2.06. The van der Waals surface area contributed by atoms with E-state index in [-0.39, 0.29) is 12.3 Å². The minimum Gasteiger partial charge on any atom is -0.469 e. The lowest BCUT2D eigenvalue weighted by molar-refractivity contribution is -0.115. The maximum absolute atomic E-state index is 11.8. The van der Waals surface area contributed by atoms with Gasteiger partial charge in [-0.25, -0.2) is 4.79 Å². The van der Waals surface area contributed by atoms with E-state index in [9.17, 15) is 9.59 Å². The Morgan fingerprint density at radius 3 is 2.80 bits per heavy atom. The van der Waals surface area contributed by atoms with Crippen LogP contribution >= 0.6 is 0 Å². The van der Waals surface area contributed by atoms with Crippen molar-refractivity contribution in [1.82, 2.24) is 0 Å². The molecule has 0 saturated carbocycles. The van der Waals surface area contributed by atoms with Gasteiger partial charge in [0.25, 0.3) is 0 Å². The van der Waals surface area contributed by atoms with E-state index < -0.39 is 5.97 Å². The average Bonchev–Trinajstić information content (AvgIpc) is 2.92. The van der Waals surface area contributed by atoms with E-state index in [2.05, 4.69) is 5.32 Å². The summed E-state index contributed by atoms with van der Waals surface area (Å²) in [6, 6.07) is 10.1. The standard InChI is InChI=1S/C15H15NO4/c1-2-19-15(18)11-5-3-6-12(9-11)16-14(17)10-13-7-4-8-20-13/h3-9H,2,10H2,1H3,(H,16,17). The number of carbonyl (C=O) groups excluding carboxylic acids is 2. The molecular formula is C15H15NO4. The van der Waals surface area contributed by atoms with Crippen LogP contribution in [0, 0.1) is 0 Å². The van der Waals surface area contributed by atoms with Gasteiger partial charge in [0.1, 0.15) is 5.76 Å². The second-order valence-electron chi connectivity index (χ2n) is 4.11. The van der Waals surface area contributed by atoms with Crippen molar-refractivity contribution in [2.75, 3.05) is 11.9 Å². The van der Waals surface area contributed by atoms with Crippen molar-refractivity contribution in [3.8, 4) is 0 Å². The molecule has 0 aliphatic carbocycles. The summed E-state index contributed by atoms with van der Waals surface area (Å²) in [5.74, 6) is -0.0281. The smallest absolute Gasteiger partial charge is 0.338 e. The fourth-order valence-corrected chi connectivity index (χ4v) is 1.71. The van der Waals surface area contributed by atoms with E-state index >= 15 is 0 Å². The number of furan rings is 1. The van der Waals surface area contributed by atoms with Gasteiger partial charge in [-0.2, -0.15) is 0 Å². The molecule has 5 heteroatoms. The third kappa shape index (κ3) is 3.71. The molecule has 0 saturated heterocycles. The number of ether oxygens (including phenoxy) is 1. The first-order valence-electron chi connectivity index (χ1n) is 6.28. The molecule has 5 nitrogen and oxygen atoms in total. The molecule has 0 fully saturated rings. The molecule has 0 atom stereocenters. The van der Waals surface area contributed by atoms with Crippen molar-refractivity contribution in [3.63, 3.8) is 0 Å². The molecule has 0 spiro atoms. The number of benzene rings is 1. The van der Waals surface area contributed by atoms with Gasteiger partial charge in [0, 0.05) is 5.69 Å². The largest absolute Gasteiger partial charge is 0.469 e. The molecule has 1 amide bonds. The number of nitrogens with one attached hydrogen (secondary N) is 1. The summed E-state index contributed by atoms with van der Waals surface area (Å²) in [7, 11) is 0. The minimum absolute atomic E-state index is 0.149. The summed E-state index contributed by atoms with van der Waals surface area (Å²) in [6.07, 6.45) is 1.67. The van der Waals surface area contributed by atoms with Crippen LogP contribution in [0.15, 0.2) is 47.1 Å². The number of hydrogen-bond donors (Lipinski definition) is 1. The van der Waals surface area contributed by atoms with E-state index in [1.165, 1.54) is 6.26 Å². The predicted octanol–water partition coefficient (Wildman–Crippen LogP) is 2.64. The first-order valence-corrected chi connectivity index (χ1v) is 6.28. The molecular weight excluding hydrogens is 258 g/mol. The highest BCUT2D eigenvalue weighted by molar-refractivity contribution is 5.95. The van der Waals surface area contributed by atoms with Crippen LogP contribution in [0.5, 0.6) is 0 Å². The quantitative estimate of drug-likeness (QED) is 0.850. The Morgan fingerprint density at radius 2 is 2.10 bits per heavy atom. The first-order chi connectivity index (χ1) is 9.69. The lowest BCUT2D eigenvalue weighted by atomic mass is 10.2. The zero-order valence-electron chi connectivity index (χ0n) is 11.1. The van der Waals surface area contributed by atoms with Crippen LogP contribution in [0.4, 0.5) is 5.69 Å². The molecule has 2 aromatic rings. The summed E-state index contributed by atoms with van der Waals surface area (Å²) >= 11 is 0. The maximum Gasteiger partial charge on any atom is 0.338 e. The van der Waals surface area contributed by atoms with E-state index in [1.807, 2.05) is 0 Å². The third-order valence-corrected chi connectivity index (χ3v) is 2.57. The van der Waals surface area contributed by atoms with Crippen molar-refractivity contribution in [3.05, 3.63) is 54.0 Å². The van der Waals surface area contributed by atoms with Crippen molar-refractivity contribution < 1.29 is 18.7 Å². The summed E-state index contributed by atoms with van der Waals surface area (Å²) in [6.45, 7) is 2.06. The normalized spacial score (nSPS) is 10.1. The molecule has 1 aromatic carbocycles. The highest BCUT2D eigenvalue weighted by Crippen LogP contribution is 2.12. The summed E-state index contributed by atoms with van der Waals surface area (Å²) in [5.41, 5.74) is 0.953. The van der Waals surface area contributed by atoms with Gasteiger partial charge in [0.2, 0.25) is 5.91 Å². The van der Waals surface area contributed by atoms with Gasteiger partial charge in [-0.3, -0.25) is 4.79 Å². The van der Waals surface area contributed by atoms with Gasteiger partial charge < -0.3 is 14.5 Å². The average molecular weight is 273 g/mol. The summed E-state index contributed by atoms with van der Waals surface area (Å²) in [5, 5.41) is 2.71. The van der Waals surface area contributed by atoms with Gasteiger partial charge in [0.15, 0.2) is 0 Å². The van der Waals surface area contributed by atoms with Gasteiger partial charge in [-0.15, -0.1) is 0 Å². The fraction of sp³-hybridized carbons (Fsp3) is 0.200. The molecule has 20 heavy (non-hydrogen) atoms. The Hall–Kier alpha value is -2.56. The number of carbonyl (C=O) groups is 2. The third-order valence-electron chi connectivity index (χ3n) is 2.57. The number of anilines is 1.